The number of nitrogens with zero attached hydrogens (tertiary/aromatic N) is 2. The van der Waals surface area contributed by atoms with E-state index in [0.717, 1.165) is 25.5 Å². The third-order valence-corrected chi connectivity index (χ3v) is 3.48. The van der Waals surface area contributed by atoms with Crippen LogP contribution >= 0.6 is 0 Å². The number of benzene rings is 1. The van der Waals surface area contributed by atoms with Crippen molar-refractivity contribution in [1.82, 2.24) is 10.6 Å². The van der Waals surface area contributed by atoms with Gasteiger partial charge in [0, 0.05) is 38.9 Å². The molecule has 1 heterocycles. The number of guanidine groups is 1. The number of hydrogen-bond donors (Lipinski definition) is 2. The van der Waals surface area contributed by atoms with E-state index in [-0.39, 0.29) is 0 Å². The van der Waals surface area contributed by atoms with Crippen molar-refractivity contribution in [3.05, 3.63) is 29.8 Å². The van der Waals surface area contributed by atoms with Gasteiger partial charge in [-0.05, 0) is 25.0 Å². The van der Waals surface area contributed by atoms with E-state index in [4.69, 9.17) is 0 Å². The minimum absolute atomic E-state index is 0.457. The van der Waals surface area contributed by atoms with Crippen molar-refractivity contribution in [3.8, 4) is 0 Å². The van der Waals surface area contributed by atoms with Gasteiger partial charge in [-0.25, -0.2) is 0 Å². The van der Waals surface area contributed by atoms with Crippen molar-refractivity contribution in [2.75, 3.05) is 32.1 Å². The van der Waals surface area contributed by atoms with Gasteiger partial charge in [-0.1, -0.05) is 18.2 Å². The Balaban J connectivity index is 1.97. The molecule has 0 aromatic heterocycles. The molecule has 0 spiro atoms. The molecule has 1 aliphatic heterocycles. The summed E-state index contributed by atoms with van der Waals surface area (Å²) in [5, 5.41) is 6.36. The highest BCUT2D eigenvalue weighted by Gasteiger charge is 2.22. The maximum Gasteiger partial charge on any atom is 0.190 e. The zero-order chi connectivity index (χ0) is 13.0. The van der Waals surface area contributed by atoms with Gasteiger partial charge in [0.2, 0.25) is 0 Å². The molecule has 0 saturated heterocycles. The first kappa shape index (κ1) is 12.7. The van der Waals surface area contributed by atoms with E-state index in [2.05, 4.69) is 51.7 Å². The largest absolute Gasteiger partial charge is 0.366 e. The Morgan fingerprint density at radius 2 is 2.22 bits per heavy atom. The number of nitrogens with one attached hydrogen (secondary N) is 2. The van der Waals surface area contributed by atoms with E-state index >= 15 is 0 Å². The predicted molar refractivity (Wildman–Crippen MR) is 77.4 cm³/mol. The highest BCUT2D eigenvalue weighted by atomic mass is 15.2. The lowest BCUT2D eigenvalue weighted by Gasteiger charge is -2.28. The van der Waals surface area contributed by atoms with Crippen LogP contribution in [0.15, 0.2) is 29.3 Å². The number of rotatable bonds is 3. The van der Waals surface area contributed by atoms with Crippen LogP contribution in [-0.4, -0.2) is 39.2 Å². The summed E-state index contributed by atoms with van der Waals surface area (Å²) in [7, 11) is 3.67. The highest BCUT2D eigenvalue weighted by molar-refractivity contribution is 5.79. The molecule has 2 rings (SSSR count). The van der Waals surface area contributed by atoms with Gasteiger partial charge in [0.25, 0.3) is 0 Å². The Hall–Kier alpha value is -1.71. The van der Waals surface area contributed by atoms with E-state index in [1.165, 1.54) is 11.3 Å². The van der Waals surface area contributed by atoms with Crippen LogP contribution in [0, 0.1) is 0 Å². The first-order valence-corrected chi connectivity index (χ1v) is 6.49. The Morgan fingerprint density at radius 1 is 1.44 bits per heavy atom. The number of para-hydroxylation sites is 1. The molecule has 2 N–H and O–H groups in total. The second kappa shape index (κ2) is 5.76. The van der Waals surface area contributed by atoms with Gasteiger partial charge in [0.1, 0.15) is 0 Å². The molecule has 0 aliphatic carbocycles. The summed E-state index contributed by atoms with van der Waals surface area (Å²) in [5.74, 6) is 0.842. The van der Waals surface area contributed by atoms with Crippen LogP contribution < -0.4 is 15.5 Å². The summed E-state index contributed by atoms with van der Waals surface area (Å²) >= 11 is 0. The van der Waals surface area contributed by atoms with Crippen LogP contribution in [0.4, 0.5) is 5.69 Å². The summed E-state index contributed by atoms with van der Waals surface area (Å²) in [4.78, 5) is 6.59. The summed E-state index contributed by atoms with van der Waals surface area (Å²) in [6.45, 7) is 4.25. The summed E-state index contributed by atoms with van der Waals surface area (Å²) in [6.07, 6.45) is 1.15. The van der Waals surface area contributed by atoms with Crippen LogP contribution in [0.3, 0.4) is 0 Å². The molecule has 1 aliphatic rings. The second-order valence-corrected chi connectivity index (χ2v) is 4.62. The van der Waals surface area contributed by atoms with Crippen molar-refractivity contribution in [2.45, 2.75) is 19.4 Å². The van der Waals surface area contributed by atoms with Gasteiger partial charge in [-0.2, -0.15) is 0 Å². The molecule has 0 amide bonds. The van der Waals surface area contributed by atoms with E-state index in [9.17, 15) is 0 Å². The topological polar surface area (TPSA) is 39.7 Å². The third kappa shape index (κ3) is 2.58. The fraction of sp³-hybridized carbons (Fsp3) is 0.500. The molecular formula is C14H22N4. The van der Waals surface area contributed by atoms with E-state index in [1.54, 1.807) is 7.05 Å². The average molecular weight is 246 g/mol. The van der Waals surface area contributed by atoms with Crippen LogP contribution in [0.5, 0.6) is 0 Å². The molecule has 18 heavy (non-hydrogen) atoms. The molecule has 0 radical (unpaired) electrons. The van der Waals surface area contributed by atoms with Gasteiger partial charge < -0.3 is 15.5 Å². The number of aliphatic imine (C=N–C) groups is 1. The van der Waals surface area contributed by atoms with Gasteiger partial charge in [0.15, 0.2) is 5.96 Å². The lowest BCUT2D eigenvalue weighted by molar-refractivity contribution is 0.629. The van der Waals surface area contributed by atoms with Crippen molar-refractivity contribution in [2.24, 2.45) is 4.99 Å². The lowest BCUT2D eigenvalue weighted by atomic mass is 10.2. The summed E-state index contributed by atoms with van der Waals surface area (Å²) < 4.78 is 0. The van der Waals surface area contributed by atoms with Crippen molar-refractivity contribution in [3.63, 3.8) is 0 Å². The quantitative estimate of drug-likeness (QED) is 0.622. The molecule has 0 saturated carbocycles. The normalized spacial score (nSPS) is 16.4. The molecule has 4 nitrogen and oxygen atoms in total. The fourth-order valence-corrected chi connectivity index (χ4v) is 2.46. The molecular weight excluding hydrogens is 224 g/mol. The maximum atomic E-state index is 4.13. The molecule has 4 heteroatoms. The van der Waals surface area contributed by atoms with Gasteiger partial charge in [-0.3, -0.25) is 4.99 Å². The molecule has 0 bridgehead atoms. The third-order valence-electron chi connectivity index (χ3n) is 3.48. The average Bonchev–Trinajstić information content (AvgIpc) is 2.83. The molecule has 98 valence electrons. The van der Waals surface area contributed by atoms with Gasteiger partial charge in [-0.15, -0.1) is 0 Å². The SMILES string of the molecule is CN=C(NC)NC[C@H](C)N1CCc2ccccc21. The zero-order valence-corrected chi connectivity index (χ0v) is 11.4. The molecule has 0 fully saturated rings. The molecule has 1 atom stereocenters. The molecule has 0 unspecified atom stereocenters. The Kier molecular flexibility index (Phi) is 4.07. The summed E-state index contributed by atoms with van der Waals surface area (Å²) in [6, 6.07) is 9.13. The van der Waals surface area contributed by atoms with Gasteiger partial charge in [0.05, 0.1) is 0 Å². The van der Waals surface area contributed by atoms with E-state index < -0.39 is 0 Å². The van der Waals surface area contributed by atoms with Gasteiger partial charge >= 0.3 is 0 Å². The second-order valence-electron chi connectivity index (χ2n) is 4.62. The maximum absolute atomic E-state index is 4.13. The summed E-state index contributed by atoms with van der Waals surface area (Å²) in [5.41, 5.74) is 2.84. The van der Waals surface area contributed by atoms with E-state index in [0.29, 0.717) is 6.04 Å². The minimum atomic E-state index is 0.457. The molecule has 1 aromatic carbocycles. The van der Waals surface area contributed by atoms with Crippen molar-refractivity contribution < 1.29 is 0 Å². The Bertz CT molecular complexity index is 428. The first-order valence-electron chi connectivity index (χ1n) is 6.49. The fourth-order valence-electron chi connectivity index (χ4n) is 2.46. The van der Waals surface area contributed by atoms with Crippen molar-refractivity contribution in [1.29, 1.82) is 0 Å². The lowest BCUT2D eigenvalue weighted by Crippen LogP contribution is -2.44. The van der Waals surface area contributed by atoms with Crippen LogP contribution in [0.25, 0.3) is 0 Å². The Labute approximate surface area is 109 Å². The first-order chi connectivity index (χ1) is 8.76. The number of hydrogen-bond acceptors (Lipinski definition) is 2. The standard InChI is InChI=1S/C14H22N4/c1-11(10-17-14(15-2)16-3)18-9-8-12-6-4-5-7-13(12)18/h4-7,11H,8-10H2,1-3H3,(H2,15,16,17)/t11-/m0/s1. The van der Waals surface area contributed by atoms with Crippen LogP contribution in [-0.2, 0) is 6.42 Å². The monoisotopic (exact) mass is 246 g/mol. The van der Waals surface area contributed by atoms with E-state index in [1.807, 2.05) is 7.05 Å². The number of anilines is 1. The highest BCUT2D eigenvalue weighted by Crippen LogP contribution is 2.28. The minimum Gasteiger partial charge on any atom is -0.366 e. The smallest absolute Gasteiger partial charge is 0.190 e. The number of fused-ring (bicyclic) bond motifs is 1. The van der Waals surface area contributed by atoms with Crippen LogP contribution in [0.1, 0.15) is 12.5 Å². The molecule has 1 aromatic rings. The predicted octanol–water partition coefficient (Wildman–Crippen LogP) is 1.23. The zero-order valence-electron chi connectivity index (χ0n) is 11.4. The Morgan fingerprint density at radius 3 is 2.94 bits per heavy atom. The van der Waals surface area contributed by atoms with Crippen molar-refractivity contribution >= 4 is 11.6 Å². The van der Waals surface area contributed by atoms with Crippen LogP contribution in [0.2, 0.25) is 0 Å².